The molecule has 1 saturated heterocycles. The smallest absolute Gasteiger partial charge is 0.306 e. The Labute approximate surface area is 186 Å². The van der Waals surface area contributed by atoms with E-state index in [9.17, 15) is 24.0 Å². The molecule has 2 heterocycles. The number of imide groups is 2. The average molecular weight is 438 g/mol. The lowest BCUT2D eigenvalue weighted by Gasteiger charge is -2.27. The minimum atomic E-state index is -1.01. The normalized spacial score (nSPS) is 18.1. The number of esters is 1. The molecule has 2 aliphatic rings. The van der Waals surface area contributed by atoms with E-state index in [-0.39, 0.29) is 29.9 Å². The lowest BCUT2D eigenvalue weighted by Crippen LogP contribution is -2.54. The lowest BCUT2D eigenvalue weighted by molar-refractivity contribution is -0.155. The largest absolute Gasteiger partial charge is 0.460 e. The van der Waals surface area contributed by atoms with Gasteiger partial charge in [-0.2, -0.15) is 0 Å². The van der Waals surface area contributed by atoms with Gasteiger partial charge in [0.1, 0.15) is 11.6 Å². The fourth-order valence-electron chi connectivity index (χ4n) is 3.65. The third kappa shape index (κ3) is 5.22. The standard InChI is InChI=1S/C24H26N2O6/c1-24(2,3)32-19(28)12-7-5-4-6-9-15-10-8-11-16-20(15)23(31)26(22(16)30)17-13-14-18(27)25-21(17)29/h8,10-11,17H,4-5,7,12-14H2,1-3H3,(H,25,27,29). The van der Waals surface area contributed by atoms with Crippen LogP contribution in [0.1, 0.15) is 85.6 Å². The van der Waals surface area contributed by atoms with Crippen LogP contribution in [0, 0.1) is 11.8 Å². The van der Waals surface area contributed by atoms with Gasteiger partial charge in [-0.3, -0.25) is 34.2 Å². The first kappa shape index (κ1) is 23.2. The Morgan fingerprint density at radius 2 is 1.91 bits per heavy atom. The number of nitrogens with one attached hydrogen (secondary N) is 1. The van der Waals surface area contributed by atoms with E-state index in [2.05, 4.69) is 17.2 Å². The molecule has 0 spiro atoms. The summed E-state index contributed by atoms with van der Waals surface area (Å²) in [5, 5.41) is 2.18. The van der Waals surface area contributed by atoms with Gasteiger partial charge in [-0.1, -0.05) is 17.9 Å². The quantitative estimate of drug-likeness (QED) is 0.327. The van der Waals surface area contributed by atoms with Crippen molar-refractivity contribution < 1.29 is 28.7 Å². The van der Waals surface area contributed by atoms with Crippen molar-refractivity contribution in [2.24, 2.45) is 0 Å². The van der Waals surface area contributed by atoms with Crippen molar-refractivity contribution in [3.8, 4) is 11.8 Å². The van der Waals surface area contributed by atoms with Crippen LogP contribution in [0.3, 0.4) is 0 Å². The molecule has 0 aromatic heterocycles. The summed E-state index contributed by atoms with van der Waals surface area (Å²) in [6.45, 7) is 5.46. The molecule has 32 heavy (non-hydrogen) atoms. The number of rotatable bonds is 5. The van der Waals surface area contributed by atoms with Crippen molar-refractivity contribution in [2.75, 3.05) is 0 Å². The summed E-state index contributed by atoms with van der Waals surface area (Å²) in [6, 6.07) is 3.83. The van der Waals surface area contributed by atoms with Crippen LogP contribution in [0.2, 0.25) is 0 Å². The summed E-state index contributed by atoms with van der Waals surface area (Å²) in [7, 11) is 0. The number of carbonyl (C=O) groups is 5. The molecule has 1 atom stereocenters. The monoisotopic (exact) mass is 438 g/mol. The summed E-state index contributed by atoms with van der Waals surface area (Å²) in [5.74, 6) is 3.50. The maximum absolute atomic E-state index is 13.0. The first-order chi connectivity index (χ1) is 15.1. The van der Waals surface area contributed by atoms with E-state index in [1.807, 2.05) is 20.8 Å². The number of unbranched alkanes of at least 4 members (excludes halogenated alkanes) is 2. The number of ether oxygens (including phenoxy) is 1. The summed E-state index contributed by atoms with van der Waals surface area (Å²) in [6.07, 6.45) is 2.33. The Bertz CT molecular complexity index is 1040. The van der Waals surface area contributed by atoms with Crippen molar-refractivity contribution in [2.45, 2.75) is 70.9 Å². The molecule has 1 fully saturated rings. The van der Waals surface area contributed by atoms with Crippen LogP contribution in [0.4, 0.5) is 0 Å². The number of hydrogen-bond donors (Lipinski definition) is 1. The molecule has 0 aliphatic carbocycles. The van der Waals surface area contributed by atoms with Crippen LogP contribution in [-0.2, 0) is 19.1 Å². The van der Waals surface area contributed by atoms with Crippen molar-refractivity contribution in [3.05, 3.63) is 34.9 Å². The Hall–Kier alpha value is -3.47. The SMILES string of the molecule is CC(C)(C)OC(=O)CCCCC#Cc1cccc2c1C(=O)N(C1CCC(=O)NC1=O)C2=O. The van der Waals surface area contributed by atoms with Crippen LogP contribution in [-0.4, -0.2) is 46.1 Å². The van der Waals surface area contributed by atoms with Gasteiger partial charge in [-0.15, -0.1) is 0 Å². The molecule has 1 N–H and O–H groups in total. The minimum Gasteiger partial charge on any atom is -0.460 e. The van der Waals surface area contributed by atoms with Crippen molar-refractivity contribution >= 4 is 29.6 Å². The molecule has 0 radical (unpaired) electrons. The van der Waals surface area contributed by atoms with Gasteiger partial charge in [0, 0.05) is 24.8 Å². The van der Waals surface area contributed by atoms with Gasteiger partial charge >= 0.3 is 5.97 Å². The van der Waals surface area contributed by atoms with E-state index in [0.29, 0.717) is 31.2 Å². The van der Waals surface area contributed by atoms with E-state index < -0.39 is 35.3 Å². The van der Waals surface area contributed by atoms with Gasteiger partial charge in [0.15, 0.2) is 0 Å². The van der Waals surface area contributed by atoms with Gasteiger partial charge in [-0.25, -0.2) is 0 Å². The Kier molecular flexibility index (Phi) is 6.78. The third-order valence-corrected chi connectivity index (χ3v) is 5.04. The maximum atomic E-state index is 13.0. The second-order valence-electron chi connectivity index (χ2n) is 8.77. The topological polar surface area (TPSA) is 110 Å². The average Bonchev–Trinajstić information content (AvgIpc) is 2.95. The Morgan fingerprint density at radius 1 is 1.16 bits per heavy atom. The fraction of sp³-hybridized carbons (Fsp3) is 0.458. The predicted octanol–water partition coefficient (Wildman–Crippen LogP) is 2.34. The summed E-state index contributed by atoms with van der Waals surface area (Å²) >= 11 is 0. The van der Waals surface area contributed by atoms with E-state index in [4.69, 9.17) is 4.74 Å². The molecule has 4 amide bonds. The highest BCUT2D eigenvalue weighted by atomic mass is 16.6. The summed E-state index contributed by atoms with van der Waals surface area (Å²) in [4.78, 5) is 62.0. The molecule has 1 aromatic rings. The van der Waals surface area contributed by atoms with Gasteiger partial charge < -0.3 is 4.74 Å². The highest BCUT2D eigenvalue weighted by molar-refractivity contribution is 6.24. The van der Waals surface area contributed by atoms with Crippen molar-refractivity contribution in [1.29, 1.82) is 0 Å². The molecule has 3 rings (SSSR count). The second kappa shape index (κ2) is 9.35. The highest BCUT2D eigenvalue weighted by Crippen LogP contribution is 2.29. The maximum Gasteiger partial charge on any atom is 0.306 e. The Morgan fingerprint density at radius 3 is 2.59 bits per heavy atom. The number of nitrogens with zero attached hydrogens (tertiary/aromatic N) is 1. The van der Waals surface area contributed by atoms with Gasteiger partial charge in [-0.05, 0) is 52.2 Å². The molecular formula is C24H26N2O6. The minimum absolute atomic E-state index is 0.0692. The molecule has 8 heteroatoms. The van der Waals surface area contributed by atoms with Crippen molar-refractivity contribution in [1.82, 2.24) is 10.2 Å². The molecule has 168 valence electrons. The first-order valence-electron chi connectivity index (χ1n) is 10.6. The molecule has 2 aliphatic heterocycles. The van der Waals surface area contributed by atoms with E-state index in [1.54, 1.807) is 12.1 Å². The fourth-order valence-corrected chi connectivity index (χ4v) is 3.65. The van der Waals surface area contributed by atoms with Crippen LogP contribution in [0.5, 0.6) is 0 Å². The van der Waals surface area contributed by atoms with E-state index in [0.717, 1.165) is 4.90 Å². The van der Waals surface area contributed by atoms with Crippen LogP contribution < -0.4 is 5.32 Å². The number of hydrogen-bond acceptors (Lipinski definition) is 6. The second-order valence-corrected chi connectivity index (χ2v) is 8.77. The van der Waals surface area contributed by atoms with Crippen LogP contribution in [0.25, 0.3) is 0 Å². The van der Waals surface area contributed by atoms with Gasteiger partial charge in [0.25, 0.3) is 11.8 Å². The zero-order valence-corrected chi connectivity index (χ0v) is 18.4. The van der Waals surface area contributed by atoms with Crippen molar-refractivity contribution in [3.63, 3.8) is 0 Å². The van der Waals surface area contributed by atoms with E-state index >= 15 is 0 Å². The zero-order chi connectivity index (χ0) is 23.5. The van der Waals surface area contributed by atoms with Crippen LogP contribution in [0.15, 0.2) is 18.2 Å². The zero-order valence-electron chi connectivity index (χ0n) is 18.4. The summed E-state index contributed by atoms with van der Waals surface area (Å²) < 4.78 is 5.26. The number of piperidine rings is 1. The number of amides is 4. The number of carbonyl (C=O) groups excluding carboxylic acids is 5. The third-order valence-electron chi connectivity index (χ3n) is 5.04. The first-order valence-corrected chi connectivity index (χ1v) is 10.6. The molecule has 0 saturated carbocycles. The highest BCUT2D eigenvalue weighted by Gasteiger charge is 2.45. The summed E-state index contributed by atoms with van der Waals surface area (Å²) in [5.41, 5.74) is 0.304. The molecule has 0 bridgehead atoms. The van der Waals surface area contributed by atoms with Gasteiger partial charge in [0.05, 0.1) is 11.1 Å². The molecular weight excluding hydrogens is 412 g/mol. The number of benzene rings is 1. The lowest BCUT2D eigenvalue weighted by atomic mass is 10.0. The molecule has 1 aromatic carbocycles. The Balaban J connectivity index is 1.64. The van der Waals surface area contributed by atoms with E-state index in [1.165, 1.54) is 6.07 Å². The predicted molar refractivity (Wildman–Crippen MR) is 114 cm³/mol. The van der Waals surface area contributed by atoms with Gasteiger partial charge in [0.2, 0.25) is 11.8 Å². The number of fused-ring (bicyclic) bond motifs is 1. The van der Waals surface area contributed by atoms with Crippen LogP contribution >= 0.6 is 0 Å². The molecule has 8 nitrogen and oxygen atoms in total. The molecule has 1 unspecified atom stereocenters.